The van der Waals surface area contributed by atoms with E-state index in [-0.39, 0.29) is 18.4 Å². The Labute approximate surface area is 168 Å². The third-order valence-electron chi connectivity index (χ3n) is 4.40. The Bertz CT molecular complexity index is 833. The van der Waals surface area contributed by atoms with Gasteiger partial charge in [-0.1, -0.05) is 22.8 Å². The van der Waals surface area contributed by atoms with Crippen LogP contribution in [-0.4, -0.2) is 65.6 Å². The molecule has 2 heterocycles. The highest BCUT2D eigenvalue weighted by Gasteiger charge is 2.27. The van der Waals surface area contributed by atoms with E-state index in [1.54, 1.807) is 49.1 Å². The molecule has 1 aliphatic heterocycles. The third-order valence-corrected chi connectivity index (χ3v) is 4.64. The van der Waals surface area contributed by atoms with Gasteiger partial charge in [0.2, 0.25) is 5.91 Å². The molecule has 1 fully saturated rings. The summed E-state index contributed by atoms with van der Waals surface area (Å²) in [7, 11) is 0. The molecule has 1 saturated heterocycles. The van der Waals surface area contributed by atoms with Gasteiger partial charge in [-0.3, -0.25) is 14.5 Å². The van der Waals surface area contributed by atoms with Crippen LogP contribution >= 0.6 is 11.6 Å². The first kappa shape index (κ1) is 20.2. The molecule has 3 rings (SSSR count). The van der Waals surface area contributed by atoms with Gasteiger partial charge in [0.05, 0.1) is 6.54 Å². The number of benzene rings is 1. The Morgan fingerprint density at radius 3 is 2.68 bits per heavy atom. The number of aromatic nitrogens is 1. The first-order valence-corrected chi connectivity index (χ1v) is 9.45. The van der Waals surface area contributed by atoms with E-state index in [4.69, 9.17) is 20.9 Å². The van der Waals surface area contributed by atoms with Gasteiger partial charge in [-0.2, -0.15) is 0 Å². The molecule has 2 amide bonds. The lowest BCUT2D eigenvalue weighted by molar-refractivity contribution is -0.139. The number of piperazine rings is 1. The van der Waals surface area contributed by atoms with Crippen LogP contribution in [0.25, 0.3) is 0 Å². The number of aryl methyl sites for hydroxylation is 1. The van der Waals surface area contributed by atoms with E-state index in [9.17, 15) is 9.59 Å². The van der Waals surface area contributed by atoms with Crippen LogP contribution < -0.4 is 10.1 Å². The maximum Gasteiger partial charge on any atom is 0.263 e. The summed E-state index contributed by atoms with van der Waals surface area (Å²) in [6.45, 7) is 6.03. The second-order valence-corrected chi connectivity index (χ2v) is 7.13. The van der Waals surface area contributed by atoms with Crippen molar-refractivity contribution in [1.82, 2.24) is 15.0 Å². The number of carbonyl (C=O) groups is 2. The van der Waals surface area contributed by atoms with Crippen molar-refractivity contribution in [2.75, 3.05) is 38.0 Å². The van der Waals surface area contributed by atoms with Gasteiger partial charge in [0.1, 0.15) is 11.5 Å². The molecule has 9 heteroatoms. The van der Waals surface area contributed by atoms with Crippen molar-refractivity contribution in [3.8, 4) is 5.75 Å². The summed E-state index contributed by atoms with van der Waals surface area (Å²) >= 11 is 5.94. The van der Waals surface area contributed by atoms with E-state index in [2.05, 4.69) is 10.5 Å². The Morgan fingerprint density at radius 1 is 1.29 bits per heavy atom. The second-order valence-electron chi connectivity index (χ2n) is 6.69. The molecule has 0 saturated carbocycles. The predicted octanol–water partition coefficient (Wildman–Crippen LogP) is 2.19. The summed E-state index contributed by atoms with van der Waals surface area (Å²) in [5, 5.41) is 7.00. The van der Waals surface area contributed by atoms with E-state index in [0.717, 1.165) is 0 Å². The highest BCUT2D eigenvalue weighted by molar-refractivity contribution is 6.30. The molecule has 1 aromatic heterocycles. The van der Waals surface area contributed by atoms with Crippen molar-refractivity contribution in [3.05, 3.63) is 41.1 Å². The summed E-state index contributed by atoms with van der Waals surface area (Å²) < 4.78 is 10.6. The third kappa shape index (κ3) is 5.46. The van der Waals surface area contributed by atoms with Crippen LogP contribution in [0.4, 0.5) is 5.82 Å². The molecule has 0 radical (unpaired) electrons. The van der Waals surface area contributed by atoms with Crippen LogP contribution in [0.2, 0.25) is 5.02 Å². The predicted molar refractivity (Wildman–Crippen MR) is 104 cm³/mol. The molecule has 0 spiro atoms. The van der Waals surface area contributed by atoms with E-state index in [1.165, 1.54) is 0 Å². The van der Waals surface area contributed by atoms with E-state index >= 15 is 0 Å². The molecule has 8 nitrogen and oxygen atoms in total. The van der Waals surface area contributed by atoms with Crippen molar-refractivity contribution >= 4 is 29.2 Å². The Hall–Kier alpha value is -2.58. The minimum Gasteiger partial charge on any atom is -0.481 e. The number of nitrogens with one attached hydrogen (secondary N) is 1. The van der Waals surface area contributed by atoms with Gasteiger partial charge in [0.25, 0.3) is 5.91 Å². The van der Waals surface area contributed by atoms with Gasteiger partial charge in [0.15, 0.2) is 11.9 Å². The van der Waals surface area contributed by atoms with Gasteiger partial charge in [-0.05, 0) is 32.0 Å². The number of nitrogens with zero attached hydrogens (tertiary/aromatic N) is 3. The average Bonchev–Trinajstić information content (AvgIpc) is 3.06. The topological polar surface area (TPSA) is 87.9 Å². The number of anilines is 1. The monoisotopic (exact) mass is 406 g/mol. The molecule has 28 heavy (non-hydrogen) atoms. The highest BCUT2D eigenvalue weighted by Crippen LogP contribution is 2.19. The fourth-order valence-corrected chi connectivity index (χ4v) is 3.17. The van der Waals surface area contributed by atoms with Crippen LogP contribution in [0, 0.1) is 6.92 Å². The standard InChI is InChI=1S/C19H23ClN4O4/c1-13-10-17(22-28-13)21-18(25)12-23-6-8-24(9-7-23)19(26)14(2)27-16-5-3-4-15(20)11-16/h3-5,10-11,14H,6-9,12H2,1-2H3,(H,21,22,25). The van der Waals surface area contributed by atoms with Gasteiger partial charge < -0.3 is 19.5 Å². The number of carbonyl (C=O) groups excluding carboxylic acids is 2. The van der Waals surface area contributed by atoms with Crippen molar-refractivity contribution < 1.29 is 18.8 Å². The van der Waals surface area contributed by atoms with E-state index in [0.29, 0.717) is 48.5 Å². The van der Waals surface area contributed by atoms with Crippen LogP contribution in [0.1, 0.15) is 12.7 Å². The molecule has 1 aromatic carbocycles. The van der Waals surface area contributed by atoms with Crippen molar-refractivity contribution in [2.45, 2.75) is 20.0 Å². The van der Waals surface area contributed by atoms with E-state index in [1.807, 2.05) is 4.90 Å². The van der Waals surface area contributed by atoms with Gasteiger partial charge in [-0.15, -0.1) is 0 Å². The number of rotatable bonds is 6. The quantitative estimate of drug-likeness (QED) is 0.791. The maximum atomic E-state index is 12.6. The normalized spacial score (nSPS) is 15.9. The summed E-state index contributed by atoms with van der Waals surface area (Å²) in [5.41, 5.74) is 0. The summed E-state index contributed by atoms with van der Waals surface area (Å²) in [4.78, 5) is 28.5. The highest BCUT2D eigenvalue weighted by atomic mass is 35.5. The lowest BCUT2D eigenvalue weighted by atomic mass is 10.2. The first-order chi connectivity index (χ1) is 13.4. The molecule has 1 N–H and O–H groups in total. The molecular weight excluding hydrogens is 384 g/mol. The van der Waals surface area contributed by atoms with Crippen molar-refractivity contribution in [2.24, 2.45) is 0 Å². The molecular formula is C19H23ClN4O4. The van der Waals surface area contributed by atoms with Gasteiger partial charge in [-0.25, -0.2) is 0 Å². The zero-order valence-electron chi connectivity index (χ0n) is 15.9. The van der Waals surface area contributed by atoms with Gasteiger partial charge >= 0.3 is 0 Å². The average molecular weight is 407 g/mol. The molecule has 1 atom stereocenters. The fourth-order valence-electron chi connectivity index (χ4n) is 2.99. The van der Waals surface area contributed by atoms with Crippen LogP contribution in [0.5, 0.6) is 5.75 Å². The number of amides is 2. The molecule has 0 aliphatic carbocycles. The number of hydrogen-bond donors (Lipinski definition) is 1. The molecule has 150 valence electrons. The number of hydrogen-bond acceptors (Lipinski definition) is 6. The zero-order chi connectivity index (χ0) is 20.1. The smallest absolute Gasteiger partial charge is 0.263 e. The minimum absolute atomic E-state index is 0.0813. The van der Waals surface area contributed by atoms with Gasteiger partial charge in [0, 0.05) is 37.3 Å². The summed E-state index contributed by atoms with van der Waals surface area (Å²) in [5.74, 6) is 1.36. The minimum atomic E-state index is -0.608. The Morgan fingerprint density at radius 2 is 2.04 bits per heavy atom. The molecule has 1 unspecified atom stereocenters. The SMILES string of the molecule is Cc1cc(NC(=O)CN2CCN(C(=O)C(C)Oc3cccc(Cl)c3)CC2)no1. The van der Waals surface area contributed by atoms with E-state index < -0.39 is 6.10 Å². The largest absolute Gasteiger partial charge is 0.481 e. The summed E-state index contributed by atoms with van der Waals surface area (Å²) in [6, 6.07) is 8.63. The van der Waals surface area contributed by atoms with Crippen LogP contribution in [0.3, 0.4) is 0 Å². The first-order valence-electron chi connectivity index (χ1n) is 9.07. The number of ether oxygens (including phenoxy) is 1. The lowest BCUT2D eigenvalue weighted by Crippen LogP contribution is -2.53. The molecule has 2 aromatic rings. The Kier molecular flexibility index (Phi) is 6.53. The molecule has 0 bridgehead atoms. The second kappa shape index (κ2) is 9.07. The summed E-state index contributed by atoms with van der Waals surface area (Å²) in [6.07, 6.45) is -0.608. The van der Waals surface area contributed by atoms with Crippen molar-refractivity contribution in [1.29, 1.82) is 0 Å². The zero-order valence-corrected chi connectivity index (χ0v) is 16.6. The Balaban J connectivity index is 1.43. The maximum absolute atomic E-state index is 12.6. The van der Waals surface area contributed by atoms with Crippen LogP contribution in [-0.2, 0) is 9.59 Å². The van der Waals surface area contributed by atoms with Crippen molar-refractivity contribution in [3.63, 3.8) is 0 Å². The molecule has 1 aliphatic rings. The fraction of sp³-hybridized carbons (Fsp3) is 0.421. The number of halogens is 1. The lowest BCUT2D eigenvalue weighted by Gasteiger charge is -2.35. The van der Waals surface area contributed by atoms with Crippen LogP contribution in [0.15, 0.2) is 34.9 Å².